The van der Waals surface area contributed by atoms with Gasteiger partial charge in [-0.1, -0.05) is 0 Å². The highest BCUT2D eigenvalue weighted by Crippen LogP contribution is 2.00. The Bertz CT molecular complexity index is 401. The summed E-state index contributed by atoms with van der Waals surface area (Å²) in [7, 11) is 0. The molecule has 0 bridgehead atoms. The largest absolute Gasteiger partial charge is 0.354 e. The number of terminal acetylenes is 1. The second kappa shape index (κ2) is 5.96. The second-order valence-corrected chi connectivity index (χ2v) is 3.74. The maximum absolute atomic E-state index is 11.5. The normalized spacial score (nSPS) is 9.81. The van der Waals surface area contributed by atoms with Crippen LogP contribution in [0.3, 0.4) is 0 Å². The second-order valence-electron chi connectivity index (χ2n) is 3.74. The third-order valence-corrected chi connectivity index (χ3v) is 2.22. The van der Waals surface area contributed by atoms with E-state index in [-0.39, 0.29) is 12.5 Å². The molecule has 0 aliphatic carbocycles. The Morgan fingerprint density at radius 1 is 1.62 bits per heavy atom. The van der Waals surface area contributed by atoms with Crippen molar-refractivity contribution in [1.29, 1.82) is 0 Å². The summed E-state index contributed by atoms with van der Waals surface area (Å²) in [6, 6.07) is 1.95. The summed E-state index contributed by atoms with van der Waals surface area (Å²) in [5.74, 6) is 2.51. The summed E-state index contributed by atoms with van der Waals surface area (Å²) >= 11 is 0. The van der Waals surface area contributed by atoms with Crippen LogP contribution in [-0.2, 0) is 11.3 Å². The van der Waals surface area contributed by atoms with E-state index in [2.05, 4.69) is 16.3 Å². The number of carbonyl (C=O) groups excluding carboxylic acids is 1. The average molecular weight is 219 g/mol. The number of rotatable bonds is 5. The number of hydrogen-bond donors (Lipinski definition) is 1. The maximum Gasteiger partial charge on any atom is 0.241 e. The van der Waals surface area contributed by atoms with Gasteiger partial charge in [0.25, 0.3) is 0 Å². The van der Waals surface area contributed by atoms with E-state index in [1.54, 1.807) is 4.68 Å². The molecule has 1 heterocycles. The predicted molar refractivity (Wildman–Crippen MR) is 62.8 cm³/mol. The van der Waals surface area contributed by atoms with Gasteiger partial charge in [0.15, 0.2) is 0 Å². The Morgan fingerprint density at radius 2 is 2.38 bits per heavy atom. The molecule has 0 fully saturated rings. The van der Waals surface area contributed by atoms with Crippen molar-refractivity contribution >= 4 is 5.91 Å². The molecule has 1 aromatic heterocycles. The van der Waals surface area contributed by atoms with Gasteiger partial charge in [-0.2, -0.15) is 5.10 Å². The van der Waals surface area contributed by atoms with Crippen LogP contribution in [0.1, 0.15) is 24.2 Å². The molecule has 1 rings (SSSR count). The van der Waals surface area contributed by atoms with Crippen molar-refractivity contribution < 1.29 is 4.79 Å². The fraction of sp³-hybridized carbons (Fsp3) is 0.500. The topological polar surface area (TPSA) is 46.9 Å². The first-order chi connectivity index (χ1) is 7.63. The third kappa shape index (κ3) is 3.77. The molecule has 0 aliphatic heterocycles. The van der Waals surface area contributed by atoms with Crippen LogP contribution in [-0.4, -0.2) is 22.2 Å². The zero-order valence-electron chi connectivity index (χ0n) is 9.79. The molecule has 0 saturated carbocycles. The number of aromatic nitrogens is 2. The van der Waals surface area contributed by atoms with E-state index in [1.165, 1.54) is 0 Å². The molecule has 1 amide bonds. The van der Waals surface area contributed by atoms with Crippen LogP contribution >= 0.6 is 0 Å². The van der Waals surface area contributed by atoms with Gasteiger partial charge in [0.1, 0.15) is 6.54 Å². The summed E-state index contributed by atoms with van der Waals surface area (Å²) in [5.41, 5.74) is 1.92. The minimum absolute atomic E-state index is 0.0248. The third-order valence-electron chi connectivity index (χ3n) is 2.22. The summed E-state index contributed by atoms with van der Waals surface area (Å²) in [6.45, 7) is 4.75. The molecule has 86 valence electrons. The van der Waals surface area contributed by atoms with Crippen LogP contribution in [0.25, 0.3) is 0 Å². The molecule has 1 aromatic rings. The van der Waals surface area contributed by atoms with Crippen LogP contribution in [0.15, 0.2) is 6.07 Å². The van der Waals surface area contributed by atoms with Crippen molar-refractivity contribution in [3.63, 3.8) is 0 Å². The summed E-state index contributed by atoms with van der Waals surface area (Å²) in [4.78, 5) is 11.5. The van der Waals surface area contributed by atoms with Crippen molar-refractivity contribution in [1.82, 2.24) is 15.1 Å². The molecule has 0 aromatic carbocycles. The Kier molecular flexibility index (Phi) is 4.59. The van der Waals surface area contributed by atoms with Crippen LogP contribution in [0, 0.1) is 26.2 Å². The van der Waals surface area contributed by atoms with Gasteiger partial charge in [0.05, 0.1) is 5.69 Å². The first-order valence-corrected chi connectivity index (χ1v) is 5.34. The molecule has 0 aliphatic rings. The van der Waals surface area contributed by atoms with Crippen molar-refractivity contribution in [3.05, 3.63) is 17.5 Å². The summed E-state index contributed by atoms with van der Waals surface area (Å²) < 4.78 is 1.70. The smallest absolute Gasteiger partial charge is 0.241 e. The zero-order valence-corrected chi connectivity index (χ0v) is 9.79. The molecular weight excluding hydrogens is 202 g/mol. The Hall–Kier alpha value is -1.76. The summed E-state index contributed by atoms with van der Waals surface area (Å²) in [5, 5.41) is 7.03. The number of unbranched alkanes of at least 4 members (excludes halogenated alkanes) is 1. The number of nitrogens with one attached hydrogen (secondary N) is 1. The van der Waals surface area contributed by atoms with Crippen molar-refractivity contribution in [3.8, 4) is 12.3 Å². The lowest BCUT2D eigenvalue weighted by molar-refractivity contribution is -0.121. The zero-order chi connectivity index (χ0) is 12.0. The highest BCUT2D eigenvalue weighted by atomic mass is 16.2. The SMILES string of the molecule is C#CCCCNC(=O)Cn1nc(C)cc1C. The van der Waals surface area contributed by atoms with E-state index < -0.39 is 0 Å². The number of carbonyl (C=O) groups is 1. The van der Waals surface area contributed by atoms with Crippen LogP contribution < -0.4 is 5.32 Å². The fourth-order valence-corrected chi connectivity index (χ4v) is 1.45. The van der Waals surface area contributed by atoms with E-state index in [0.29, 0.717) is 13.0 Å². The van der Waals surface area contributed by atoms with Gasteiger partial charge < -0.3 is 5.32 Å². The maximum atomic E-state index is 11.5. The molecular formula is C12H17N3O. The minimum Gasteiger partial charge on any atom is -0.354 e. The predicted octanol–water partition coefficient (Wildman–Crippen LogP) is 1.03. The number of nitrogens with zero attached hydrogens (tertiary/aromatic N) is 2. The van der Waals surface area contributed by atoms with Crippen molar-refractivity contribution in [2.75, 3.05) is 6.54 Å². The molecule has 4 nitrogen and oxygen atoms in total. The lowest BCUT2D eigenvalue weighted by atomic mass is 10.3. The molecule has 0 saturated heterocycles. The number of aryl methyl sites for hydroxylation is 2. The first kappa shape index (κ1) is 12.3. The van der Waals surface area contributed by atoms with E-state index >= 15 is 0 Å². The number of hydrogen-bond acceptors (Lipinski definition) is 2. The van der Waals surface area contributed by atoms with Gasteiger partial charge in [0.2, 0.25) is 5.91 Å². The Balaban J connectivity index is 2.35. The lowest BCUT2D eigenvalue weighted by Gasteiger charge is -2.05. The number of amides is 1. The van der Waals surface area contributed by atoms with Crippen LogP contribution in [0.2, 0.25) is 0 Å². The molecule has 0 spiro atoms. The van der Waals surface area contributed by atoms with E-state index in [4.69, 9.17) is 6.42 Å². The summed E-state index contributed by atoms with van der Waals surface area (Å²) in [6.07, 6.45) is 6.63. The monoisotopic (exact) mass is 219 g/mol. The van der Waals surface area contributed by atoms with Crippen molar-refractivity contribution in [2.45, 2.75) is 33.2 Å². The van der Waals surface area contributed by atoms with Crippen molar-refractivity contribution in [2.24, 2.45) is 0 Å². The van der Waals surface area contributed by atoms with Crippen LogP contribution in [0.4, 0.5) is 0 Å². The van der Waals surface area contributed by atoms with Gasteiger partial charge in [0, 0.05) is 18.7 Å². The van der Waals surface area contributed by atoms with E-state index in [9.17, 15) is 4.79 Å². The molecule has 0 radical (unpaired) electrons. The fourth-order valence-electron chi connectivity index (χ4n) is 1.45. The van der Waals surface area contributed by atoms with Gasteiger partial charge in [-0.3, -0.25) is 9.48 Å². The first-order valence-electron chi connectivity index (χ1n) is 5.34. The quantitative estimate of drug-likeness (QED) is 0.594. The van der Waals surface area contributed by atoms with Gasteiger partial charge in [-0.25, -0.2) is 0 Å². The molecule has 0 unspecified atom stereocenters. The lowest BCUT2D eigenvalue weighted by Crippen LogP contribution is -2.29. The Labute approximate surface area is 96.0 Å². The molecule has 4 heteroatoms. The standard InChI is InChI=1S/C12H17N3O/c1-4-5-6-7-13-12(16)9-15-11(3)8-10(2)14-15/h1,8H,5-7,9H2,2-3H3,(H,13,16). The molecule has 0 atom stereocenters. The Morgan fingerprint density at radius 3 is 2.94 bits per heavy atom. The molecule has 16 heavy (non-hydrogen) atoms. The van der Waals surface area contributed by atoms with E-state index in [1.807, 2.05) is 19.9 Å². The van der Waals surface area contributed by atoms with E-state index in [0.717, 1.165) is 17.8 Å². The highest BCUT2D eigenvalue weighted by Gasteiger charge is 2.05. The minimum atomic E-state index is -0.0248. The average Bonchev–Trinajstić information content (AvgIpc) is 2.52. The van der Waals surface area contributed by atoms with Gasteiger partial charge >= 0.3 is 0 Å². The van der Waals surface area contributed by atoms with Crippen LogP contribution in [0.5, 0.6) is 0 Å². The molecule has 1 N–H and O–H groups in total. The van der Waals surface area contributed by atoms with Gasteiger partial charge in [-0.05, 0) is 26.3 Å². The highest BCUT2D eigenvalue weighted by molar-refractivity contribution is 5.75. The van der Waals surface area contributed by atoms with Gasteiger partial charge in [-0.15, -0.1) is 12.3 Å².